The van der Waals surface area contributed by atoms with Crippen molar-refractivity contribution in [2.45, 2.75) is 5.88 Å². The van der Waals surface area contributed by atoms with Gasteiger partial charge >= 0.3 is 0 Å². The van der Waals surface area contributed by atoms with Gasteiger partial charge in [0.2, 0.25) is 5.89 Å². The third kappa shape index (κ3) is 2.13. The number of hydrogen-bond donors (Lipinski definition) is 0. The first kappa shape index (κ1) is 10.5. The van der Waals surface area contributed by atoms with Crippen molar-refractivity contribution in [1.82, 2.24) is 4.98 Å². The number of oxazole rings is 1. The molecule has 0 spiro atoms. The maximum atomic E-state index is 13.4. The molecule has 0 bridgehead atoms. The zero-order valence-corrected chi connectivity index (χ0v) is 9.02. The van der Waals surface area contributed by atoms with Crippen molar-refractivity contribution in [3.63, 3.8) is 0 Å². The average molecular weight is 246 g/mol. The Morgan fingerprint density at radius 1 is 1.40 bits per heavy atom. The Labute approximate surface area is 95.6 Å². The summed E-state index contributed by atoms with van der Waals surface area (Å²) in [5, 5.41) is 0.440. The molecule has 1 heterocycles. The van der Waals surface area contributed by atoms with Crippen molar-refractivity contribution in [3.05, 3.63) is 41.1 Å². The average Bonchev–Trinajstić information content (AvgIpc) is 2.70. The third-order valence-corrected chi connectivity index (χ3v) is 2.33. The van der Waals surface area contributed by atoms with E-state index in [9.17, 15) is 4.39 Å². The second-order valence-electron chi connectivity index (χ2n) is 2.88. The van der Waals surface area contributed by atoms with Gasteiger partial charge in [0.1, 0.15) is 5.82 Å². The van der Waals surface area contributed by atoms with E-state index in [1.165, 1.54) is 24.4 Å². The van der Waals surface area contributed by atoms with Gasteiger partial charge in [-0.3, -0.25) is 0 Å². The fourth-order valence-corrected chi connectivity index (χ4v) is 1.48. The van der Waals surface area contributed by atoms with Crippen LogP contribution in [0.25, 0.3) is 11.3 Å². The number of benzene rings is 1. The number of halogens is 3. The van der Waals surface area contributed by atoms with Crippen LogP contribution in [-0.4, -0.2) is 4.98 Å². The second-order valence-corrected chi connectivity index (χ2v) is 3.58. The van der Waals surface area contributed by atoms with Crippen LogP contribution in [-0.2, 0) is 5.88 Å². The lowest BCUT2D eigenvalue weighted by Crippen LogP contribution is -1.81. The molecule has 1 aromatic heterocycles. The van der Waals surface area contributed by atoms with Gasteiger partial charge in [-0.15, -0.1) is 11.6 Å². The summed E-state index contributed by atoms with van der Waals surface area (Å²) >= 11 is 11.3. The lowest BCUT2D eigenvalue weighted by molar-refractivity contribution is 0.523. The van der Waals surface area contributed by atoms with Gasteiger partial charge in [-0.05, 0) is 18.2 Å². The highest BCUT2D eigenvalue weighted by atomic mass is 35.5. The van der Waals surface area contributed by atoms with E-state index in [4.69, 9.17) is 27.6 Å². The molecule has 0 aliphatic rings. The topological polar surface area (TPSA) is 26.0 Å². The lowest BCUT2D eigenvalue weighted by Gasteiger charge is -1.98. The fraction of sp³-hybridized carbons (Fsp3) is 0.100. The van der Waals surface area contributed by atoms with E-state index >= 15 is 0 Å². The number of rotatable bonds is 2. The summed E-state index contributed by atoms with van der Waals surface area (Å²) in [4.78, 5) is 3.87. The Bertz CT molecular complexity index is 484. The van der Waals surface area contributed by atoms with Crippen molar-refractivity contribution in [1.29, 1.82) is 0 Å². The first-order chi connectivity index (χ1) is 7.20. The molecule has 0 saturated heterocycles. The molecule has 0 unspecified atom stereocenters. The molecule has 2 rings (SSSR count). The molecule has 78 valence electrons. The van der Waals surface area contributed by atoms with E-state index in [1.54, 1.807) is 0 Å². The van der Waals surface area contributed by atoms with E-state index in [2.05, 4.69) is 4.98 Å². The van der Waals surface area contributed by atoms with Crippen LogP contribution in [0.5, 0.6) is 0 Å². The Balaban J connectivity index is 2.48. The molecule has 2 nitrogen and oxygen atoms in total. The van der Waals surface area contributed by atoms with E-state index in [0.29, 0.717) is 16.7 Å². The molecule has 5 heteroatoms. The van der Waals surface area contributed by atoms with Gasteiger partial charge in [0.05, 0.1) is 17.6 Å². The first-order valence-electron chi connectivity index (χ1n) is 4.17. The fourth-order valence-electron chi connectivity index (χ4n) is 1.18. The quantitative estimate of drug-likeness (QED) is 0.751. The number of alkyl halides is 1. The molecular weight excluding hydrogens is 240 g/mol. The third-order valence-electron chi connectivity index (χ3n) is 1.86. The van der Waals surface area contributed by atoms with Gasteiger partial charge in [0.15, 0.2) is 5.76 Å². The van der Waals surface area contributed by atoms with Gasteiger partial charge in [0.25, 0.3) is 0 Å². The highest BCUT2D eigenvalue weighted by molar-refractivity contribution is 6.30. The van der Waals surface area contributed by atoms with Crippen molar-refractivity contribution < 1.29 is 8.81 Å². The minimum Gasteiger partial charge on any atom is -0.439 e. The Kier molecular flexibility index (Phi) is 2.93. The van der Waals surface area contributed by atoms with Crippen molar-refractivity contribution in [3.8, 4) is 11.3 Å². The molecule has 0 N–H and O–H groups in total. The predicted molar refractivity (Wildman–Crippen MR) is 56.5 cm³/mol. The van der Waals surface area contributed by atoms with E-state index in [-0.39, 0.29) is 11.4 Å². The van der Waals surface area contributed by atoms with Gasteiger partial charge < -0.3 is 4.42 Å². The Hall–Kier alpha value is -1.06. The van der Waals surface area contributed by atoms with E-state index in [1.807, 2.05) is 0 Å². The second kappa shape index (κ2) is 4.21. The maximum Gasteiger partial charge on any atom is 0.209 e. The number of hydrogen-bond acceptors (Lipinski definition) is 2. The molecule has 0 aliphatic carbocycles. The van der Waals surface area contributed by atoms with Gasteiger partial charge in [-0.25, -0.2) is 9.37 Å². The summed E-state index contributed by atoms with van der Waals surface area (Å²) in [6.07, 6.45) is 1.42. The zero-order chi connectivity index (χ0) is 10.8. The monoisotopic (exact) mass is 245 g/mol. The molecule has 0 amide bonds. The van der Waals surface area contributed by atoms with Crippen LogP contribution in [0, 0.1) is 5.82 Å². The molecule has 0 atom stereocenters. The molecule has 0 fully saturated rings. The smallest absolute Gasteiger partial charge is 0.209 e. The molecule has 15 heavy (non-hydrogen) atoms. The standard InChI is InChI=1S/C10H6Cl2FNO/c11-4-10-14-5-9(15-10)7-3-6(12)1-2-8(7)13/h1-3,5H,4H2. The normalized spacial score (nSPS) is 10.6. The summed E-state index contributed by atoms with van der Waals surface area (Å²) < 4.78 is 18.6. The first-order valence-corrected chi connectivity index (χ1v) is 5.08. The van der Waals surface area contributed by atoms with E-state index in [0.717, 1.165) is 0 Å². The Morgan fingerprint density at radius 2 is 2.20 bits per heavy atom. The predicted octanol–water partition coefficient (Wildman–Crippen LogP) is 3.87. The van der Waals surface area contributed by atoms with Crippen molar-refractivity contribution >= 4 is 23.2 Å². The lowest BCUT2D eigenvalue weighted by atomic mass is 10.2. The largest absolute Gasteiger partial charge is 0.439 e. The molecule has 0 aliphatic heterocycles. The highest BCUT2D eigenvalue weighted by Crippen LogP contribution is 2.26. The van der Waals surface area contributed by atoms with Crippen molar-refractivity contribution in [2.24, 2.45) is 0 Å². The molecule has 0 saturated carbocycles. The van der Waals surface area contributed by atoms with Crippen LogP contribution >= 0.6 is 23.2 Å². The van der Waals surface area contributed by atoms with Gasteiger partial charge in [0, 0.05) is 5.02 Å². The van der Waals surface area contributed by atoms with Gasteiger partial charge in [-0.2, -0.15) is 0 Å². The highest BCUT2D eigenvalue weighted by Gasteiger charge is 2.10. The number of nitrogens with zero attached hydrogens (tertiary/aromatic N) is 1. The van der Waals surface area contributed by atoms with Crippen LogP contribution in [0.1, 0.15) is 5.89 Å². The summed E-state index contributed by atoms with van der Waals surface area (Å²) in [5.41, 5.74) is 0.284. The number of aromatic nitrogens is 1. The van der Waals surface area contributed by atoms with E-state index < -0.39 is 5.82 Å². The summed E-state index contributed by atoms with van der Waals surface area (Å²) in [6.45, 7) is 0. The maximum absolute atomic E-state index is 13.4. The summed E-state index contributed by atoms with van der Waals surface area (Å²) in [5.74, 6) is 0.427. The minimum absolute atomic E-state index is 0.155. The molecule has 0 radical (unpaired) electrons. The van der Waals surface area contributed by atoms with Crippen LogP contribution in [0.3, 0.4) is 0 Å². The Morgan fingerprint density at radius 3 is 2.87 bits per heavy atom. The minimum atomic E-state index is -0.406. The van der Waals surface area contributed by atoms with Crippen LogP contribution in [0.2, 0.25) is 5.02 Å². The molecular formula is C10H6Cl2FNO. The van der Waals surface area contributed by atoms with Gasteiger partial charge in [-0.1, -0.05) is 11.6 Å². The summed E-state index contributed by atoms with van der Waals surface area (Å²) in [7, 11) is 0. The van der Waals surface area contributed by atoms with Crippen LogP contribution in [0.15, 0.2) is 28.8 Å². The molecule has 2 aromatic rings. The zero-order valence-electron chi connectivity index (χ0n) is 7.51. The van der Waals surface area contributed by atoms with Crippen LogP contribution < -0.4 is 0 Å². The SMILES string of the molecule is Fc1ccc(Cl)cc1-c1cnc(CCl)o1. The van der Waals surface area contributed by atoms with Crippen molar-refractivity contribution in [2.75, 3.05) is 0 Å². The van der Waals surface area contributed by atoms with Crippen LogP contribution in [0.4, 0.5) is 4.39 Å². The molecule has 1 aromatic carbocycles. The summed E-state index contributed by atoms with van der Waals surface area (Å²) in [6, 6.07) is 4.23.